The summed E-state index contributed by atoms with van der Waals surface area (Å²) in [5, 5.41) is 2.96. The molecule has 2 aromatic rings. The summed E-state index contributed by atoms with van der Waals surface area (Å²) in [5.74, 6) is 0.974. The first-order valence-corrected chi connectivity index (χ1v) is 6.42. The molecule has 22 heavy (non-hydrogen) atoms. The Labute approximate surface area is 125 Å². The molecule has 0 unspecified atom stereocenters. The highest BCUT2D eigenvalue weighted by atomic mass is 19.4. The lowest BCUT2D eigenvalue weighted by molar-refractivity contribution is -0.274. The van der Waals surface area contributed by atoms with Crippen LogP contribution >= 0.6 is 0 Å². The van der Waals surface area contributed by atoms with Gasteiger partial charge in [-0.2, -0.15) is 0 Å². The van der Waals surface area contributed by atoms with Gasteiger partial charge in [-0.15, -0.1) is 13.2 Å². The van der Waals surface area contributed by atoms with Crippen molar-refractivity contribution in [1.29, 1.82) is 0 Å². The highest BCUT2D eigenvalue weighted by Gasteiger charge is 2.31. The third kappa shape index (κ3) is 4.51. The van der Waals surface area contributed by atoms with Crippen molar-refractivity contribution in [2.45, 2.75) is 12.9 Å². The topological polar surface area (TPSA) is 50.3 Å². The number of halogens is 3. The van der Waals surface area contributed by atoms with Gasteiger partial charge >= 0.3 is 6.36 Å². The predicted molar refractivity (Wildman–Crippen MR) is 76.8 cm³/mol. The maximum Gasteiger partial charge on any atom is 0.573 e. The summed E-state index contributed by atoms with van der Waals surface area (Å²) in [6.07, 6.45) is -3.33. The van der Waals surface area contributed by atoms with E-state index < -0.39 is 6.36 Å². The van der Waals surface area contributed by atoms with Crippen LogP contribution in [0.2, 0.25) is 0 Å². The summed E-state index contributed by atoms with van der Waals surface area (Å²) in [5.41, 5.74) is 0.379. The van der Waals surface area contributed by atoms with Crippen LogP contribution in [0.4, 0.5) is 24.8 Å². The molecule has 118 valence electrons. The zero-order valence-corrected chi connectivity index (χ0v) is 12.1. The Bertz CT molecular complexity index is 631. The number of alkyl halides is 3. The second kappa shape index (κ2) is 6.50. The van der Waals surface area contributed by atoms with E-state index in [0.29, 0.717) is 17.2 Å². The van der Waals surface area contributed by atoms with Gasteiger partial charge in [0, 0.05) is 32.3 Å². The number of rotatable bonds is 5. The molecule has 5 nitrogen and oxygen atoms in total. The van der Waals surface area contributed by atoms with Gasteiger partial charge in [0.25, 0.3) is 0 Å². The van der Waals surface area contributed by atoms with E-state index >= 15 is 0 Å². The van der Waals surface area contributed by atoms with Crippen LogP contribution < -0.4 is 15.0 Å². The number of aromatic nitrogens is 2. The summed E-state index contributed by atoms with van der Waals surface area (Å²) in [6.45, 7) is 0.149. The normalized spacial score (nSPS) is 11.1. The second-order valence-corrected chi connectivity index (χ2v) is 4.66. The molecule has 1 heterocycles. The summed E-state index contributed by atoms with van der Waals surface area (Å²) >= 11 is 0. The number of hydrogen-bond donors (Lipinski definition) is 1. The molecule has 1 aromatic carbocycles. The van der Waals surface area contributed by atoms with Crippen molar-refractivity contribution in [3.05, 3.63) is 42.2 Å². The Hall–Kier alpha value is -2.51. The Morgan fingerprint density at radius 2 is 1.91 bits per heavy atom. The lowest BCUT2D eigenvalue weighted by atomic mass is 10.2. The van der Waals surface area contributed by atoms with Crippen LogP contribution in [-0.4, -0.2) is 30.4 Å². The van der Waals surface area contributed by atoms with Crippen molar-refractivity contribution >= 4 is 11.6 Å². The van der Waals surface area contributed by atoms with Gasteiger partial charge in [0.2, 0.25) is 0 Å². The fraction of sp³-hybridized carbons (Fsp3) is 0.286. The first-order valence-electron chi connectivity index (χ1n) is 6.42. The molecule has 0 bridgehead atoms. The van der Waals surface area contributed by atoms with Crippen molar-refractivity contribution < 1.29 is 17.9 Å². The molecule has 0 saturated heterocycles. The summed E-state index contributed by atoms with van der Waals surface area (Å²) in [4.78, 5) is 9.89. The standard InChI is InChI=1S/C14H15F3N4O/c1-21(2)13-7-12(19-9-20-13)18-8-10-5-3-4-6-11(10)22-14(15,16)17/h3-7,9H,8H2,1-2H3,(H,18,19,20). The van der Waals surface area contributed by atoms with Crippen LogP contribution in [0.15, 0.2) is 36.7 Å². The van der Waals surface area contributed by atoms with Crippen LogP contribution in [0.5, 0.6) is 5.75 Å². The molecule has 0 saturated carbocycles. The van der Waals surface area contributed by atoms with E-state index in [1.54, 1.807) is 23.1 Å². The van der Waals surface area contributed by atoms with Crippen LogP contribution in [0.3, 0.4) is 0 Å². The minimum absolute atomic E-state index is 0.149. The molecule has 0 aliphatic carbocycles. The van der Waals surface area contributed by atoms with Crippen molar-refractivity contribution in [3.8, 4) is 5.75 Å². The molecule has 2 rings (SSSR count). The third-order valence-electron chi connectivity index (χ3n) is 2.77. The zero-order valence-electron chi connectivity index (χ0n) is 12.1. The maximum absolute atomic E-state index is 12.4. The third-order valence-corrected chi connectivity index (χ3v) is 2.77. The first-order chi connectivity index (χ1) is 10.3. The van der Waals surface area contributed by atoms with Crippen LogP contribution in [0, 0.1) is 0 Å². The molecule has 0 fully saturated rings. The molecule has 0 radical (unpaired) electrons. The largest absolute Gasteiger partial charge is 0.573 e. The van der Waals surface area contributed by atoms with Crippen molar-refractivity contribution in [2.24, 2.45) is 0 Å². The highest BCUT2D eigenvalue weighted by molar-refractivity contribution is 5.48. The average molecular weight is 312 g/mol. The molecular formula is C14H15F3N4O. The van der Waals surface area contributed by atoms with Gasteiger partial charge in [-0.1, -0.05) is 18.2 Å². The average Bonchev–Trinajstić information content (AvgIpc) is 2.45. The molecule has 0 atom stereocenters. The predicted octanol–water partition coefficient (Wildman–Crippen LogP) is 3.05. The first kappa shape index (κ1) is 15.9. The molecular weight excluding hydrogens is 297 g/mol. The minimum Gasteiger partial charge on any atom is -0.405 e. The van der Waals surface area contributed by atoms with E-state index in [-0.39, 0.29) is 12.3 Å². The van der Waals surface area contributed by atoms with E-state index in [9.17, 15) is 13.2 Å². The number of anilines is 2. The van der Waals surface area contributed by atoms with Gasteiger partial charge in [-0.25, -0.2) is 9.97 Å². The van der Waals surface area contributed by atoms with Gasteiger partial charge in [0.1, 0.15) is 23.7 Å². The molecule has 0 amide bonds. The van der Waals surface area contributed by atoms with E-state index in [1.807, 2.05) is 14.1 Å². The van der Waals surface area contributed by atoms with Crippen molar-refractivity contribution in [2.75, 3.05) is 24.3 Å². The zero-order chi connectivity index (χ0) is 16.2. The molecule has 0 aliphatic rings. The number of benzene rings is 1. The number of hydrogen-bond acceptors (Lipinski definition) is 5. The SMILES string of the molecule is CN(C)c1cc(NCc2ccccc2OC(F)(F)F)ncn1. The molecule has 1 aromatic heterocycles. The number of nitrogens with one attached hydrogen (secondary N) is 1. The fourth-order valence-electron chi connectivity index (χ4n) is 1.75. The van der Waals surface area contributed by atoms with Gasteiger partial charge < -0.3 is 15.0 Å². The Morgan fingerprint density at radius 3 is 2.59 bits per heavy atom. The van der Waals surface area contributed by atoms with Gasteiger partial charge in [-0.05, 0) is 6.07 Å². The molecule has 1 N–H and O–H groups in total. The van der Waals surface area contributed by atoms with Gasteiger partial charge in [-0.3, -0.25) is 0 Å². The smallest absolute Gasteiger partial charge is 0.405 e. The molecule has 0 aliphatic heterocycles. The second-order valence-electron chi connectivity index (χ2n) is 4.66. The van der Waals surface area contributed by atoms with E-state index in [4.69, 9.17) is 0 Å². The number of para-hydroxylation sites is 1. The van der Waals surface area contributed by atoms with Crippen molar-refractivity contribution in [1.82, 2.24) is 9.97 Å². The highest BCUT2D eigenvalue weighted by Crippen LogP contribution is 2.26. The Morgan fingerprint density at radius 1 is 1.18 bits per heavy atom. The van der Waals surface area contributed by atoms with Crippen LogP contribution in [0.25, 0.3) is 0 Å². The number of nitrogens with zero attached hydrogens (tertiary/aromatic N) is 3. The Balaban J connectivity index is 2.10. The molecule has 8 heteroatoms. The fourth-order valence-corrected chi connectivity index (χ4v) is 1.75. The monoisotopic (exact) mass is 312 g/mol. The van der Waals surface area contributed by atoms with Crippen molar-refractivity contribution in [3.63, 3.8) is 0 Å². The maximum atomic E-state index is 12.4. The minimum atomic E-state index is -4.72. The Kier molecular flexibility index (Phi) is 4.69. The lowest BCUT2D eigenvalue weighted by Gasteiger charge is -2.15. The quantitative estimate of drug-likeness (QED) is 0.919. The van der Waals surface area contributed by atoms with Crippen LogP contribution in [0.1, 0.15) is 5.56 Å². The van der Waals surface area contributed by atoms with Gasteiger partial charge in [0.05, 0.1) is 0 Å². The number of ether oxygens (including phenoxy) is 1. The lowest BCUT2D eigenvalue weighted by Crippen LogP contribution is -2.18. The summed E-state index contributed by atoms with van der Waals surface area (Å²) in [6, 6.07) is 7.66. The molecule has 0 spiro atoms. The van der Waals surface area contributed by atoms with E-state index in [1.165, 1.54) is 18.5 Å². The summed E-state index contributed by atoms with van der Waals surface area (Å²) < 4.78 is 41.1. The van der Waals surface area contributed by atoms with Crippen LogP contribution in [-0.2, 0) is 6.54 Å². The summed E-state index contributed by atoms with van der Waals surface area (Å²) in [7, 11) is 3.66. The van der Waals surface area contributed by atoms with Gasteiger partial charge in [0.15, 0.2) is 0 Å². The van der Waals surface area contributed by atoms with E-state index in [2.05, 4.69) is 20.0 Å². The van der Waals surface area contributed by atoms with E-state index in [0.717, 1.165) is 0 Å².